The van der Waals surface area contributed by atoms with Gasteiger partial charge in [-0.1, -0.05) is 56.3 Å². The molecule has 29 heavy (non-hydrogen) atoms. The predicted molar refractivity (Wildman–Crippen MR) is 121 cm³/mol. The maximum atomic E-state index is 12.4. The van der Waals surface area contributed by atoms with Gasteiger partial charge in [-0.25, -0.2) is 4.98 Å². The van der Waals surface area contributed by atoms with E-state index in [2.05, 4.69) is 70.9 Å². The van der Waals surface area contributed by atoms with Gasteiger partial charge < -0.3 is 4.98 Å². The molecule has 148 valence electrons. The van der Waals surface area contributed by atoms with Crippen LogP contribution in [0, 0.1) is 0 Å². The van der Waals surface area contributed by atoms with Gasteiger partial charge in [0, 0.05) is 4.88 Å². The second-order valence-corrected chi connectivity index (χ2v) is 8.31. The van der Waals surface area contributed by atoms with E-state index in [-0.39, 0.29) is 11.6 Å². The predicted octanol–water partition coefficient (Wildman–Crippen LogP) is 5.38. The number of rotatable bonds is 7. The lowest BCUT2D eigenvalue weighted by Crippen LogP contribution is -2.24. The van der Waals surface area contributed by atoms with Crippen molar-refractivity contribution in [2.75, 3.05) is 0 Å². The molecule has 2 aromatic heterocycles. The molecule has 2 aromatic carbocycles. The number of hydrogen-bond acceptors (Lipinski definition) is 4. The van der Waals surface area contributed by atoms with Crippen molar-refractivity contribution in [1.82, 2.24) is 15.3 Å². The topological polar surface area (TPSA) is 57.8 Å². The van der Waals surface area contributed by atoms with Crippen LogP contribution >= 0.6 is 11.3 Å². The summed E-state index contributed by atoms with van der Waals surface area (Å²) in [6.07, 6.45) is 1.13. The first-order valence-electron chi connectivity index (χ1n) is 10.00. The molecule has 0 aliphatic carbocycles. The van der Waals surface area contributed by atoms with E-state index in [1.807, 2.05) is 18.2 Å². The van der Waals surface area contributed by atoms with Crippen LogP contribution in [0.4, 0.5) is 0 Å². The van der Waals surface area contributed by atoms with Gasteiger partial charge in [0.25, 0.3) is 5.56 Å². The van der Waals surface area contributed by atoms with Crippen LogP contribution < -0.4 is 10.9 Å². The monoisotopic (exact) mass is 403 g/mol. The molecule has 4 nitrogen and oxygen atoms in total. The summed E-state index contributed by atoms with van der Waals surface area (Å²) in [5.41, 5.74) is 3.20. The fraction of sp³-hybridized carbons (Fsp3) is 0.250. The van der Waals surface area contributed by atoms with E-state index in [9.17, 15) is 4.79 Å². The standard InChI is InChI=1S/C24H25N3OS/c1-3-16(2)17-10-12-18(13-11-17)23(21-9-6-14-29-21)25-15-22-26-20-8-5-4-7-19(20)24(28)27-22/h4-14,16,23,25H,3,15H2,1-2H3,(H,26,27,28)/t16-,23-/m1/s1. The molecule has 0 fully saturated rings. The van der Waals surface area contributed by atoms with Crippen molar-refractivity contribution in [1.29, 1.82) is 0 Å². The molecule has 2 N–H and O–H groups in total. The smallest absolute Gasteiger partial charge is 0.258 e. The van der Waals surface area contributed by atoms with E-state index < -0.39 is 0 Å². The molecular formula is C24H25N3OS. The molecule has 2 atom stereocenters. The van der Waals surface area contributed by atoms with Crippen LogP contribution in [0.2, 0.25) is 0 Å². The number of benzene rings is 2. The third-order valence-electron chi connectivity index (χ3n) is 5.41. The first kappa shape index (κ1) is 19.6. The maximum Gasteiger partial charge on any atom is 0.258 e. The van der Waals surface area contributed by atoms with Gasteiger partial charge >= 0.3 is 0 Å². The van der Waals surface area contributed by atoms with E-state index in [1.165, 1.54) is 16.0 Å². The van der Waals surface area contributed by atoms with E-state index >= 15 is 0 Å². The summed E-state index contributed by atoms with van der Waals surface area (Å²) in [5.74, 6) is 1.20. The van der Waals surface area contributed by atoms with Crippen molar-refractivity contribution in [2.45, 2.75) is 38.8 Å². The Balaban J connectivity index is 1.60. The maximum absolute atomic E-state index is 12.4. The Morgan fingerprint density at radius 3 is 2.52 bits per heavy atom. The van der Waals surface area contributed by atoms with E-state index in [0.717, 1.165) is 11.9 Å². The molecule has 0 bridgehead atoms. The first-order chi connectivity index (χ1) is 14.2. The Morgan fingerprint density at radius 2 is 1.79 bits per heavy atom. The van der Waals surface area contributed by atoms with Gasteiger partial charge in [0.05, 0.1) is 23.5 Å². The normalized spacial score (nSPS) is 13.4. The quantitative estimate of drug-likeness (QED) is 0.436. The molecule has 0 aliphatic rings. The number of thiophene rings is 1. The van der Waals surface area contributed by atoms with Crippen molar-refractivity contribution < 1.29 is 0 Å². The third kappa shape index (κ3) is 4.31. The lowest BCUT2D eigenvalue weighted by molar-refractivity contribution is 0.593. The van der Waals surface area contributed by atoms with Gasteiger partial charge in [0.2, 0.25) is 0 Å². The average molecular weight is 404 g/mol. The molecule has 0 saturated heterocycles. The van der Waals surface area contributed by atoms with Crippen LogP contribution in [0.25, 0.3) is 10.9 Å². The highest BCUT2D eigenvalue weighted by Gasteiger charge is 2.16. The summed E-state index contributed by atoms with van der Waals surface area (Å²) >= 11 is 1.73. The second-order valence-electron chi connectivity index (χ2n) is 7.34. The van der Waals surface area contributed by atoms with Gasteiger partial charge in [-0.3, -0.25) is 10.1 Å². The molecule has 0 radical (unpaired) electrons. The molecule has 2 heterocycles. The first-order valence-corrected chi connectivity index (χ1v) is 10.9. The Kier molecular flexibility index (Phi) is 5.88. The van der Waals surface area contributed by atoms with Crippen LogP contribution in [0.3, 0.4) is 0 Å². The number of aromatic nitrogens is 2. The minimum absolute atomic E-state index is 0.0535. The van der Waals surface area contributed by atoms with E-state index in [4.69, 9.17) is 0 Å². The van der Waals surface area contributed by atoms with Crippen LogP contribution in [0.5, 0.6) is 0 Å². The highest BCUT2D eigenvalue weighted by Crippen LogP contribution is 2.28. The zero-order chi connectivity index (χ0) is 20.2. The van der Waals surface area contributed by atoms with Gasteiger partial charge in [-0.15, -0.1) is 11.3 Å². The van der Waals surface area contributed by atoms with E-state index in [1.54, 1.807) is 17.4 Å². The Bertz CT molecular complexity index is 1130. The molecular weight excluding hydrogens is 378 g/mol. The zero-order valence-corrected chi connectivity index (χ0v) is 17.5. The van der Waals surface area contributed by atoms with Gasteiger partial charge in [0.15, 0.2) is 0 Å². The van der Waals surface area contributed by atoms with E-state index in [0.29, 0.717) is 23.7 Å². The Hall–Kier alpha value is -2.76. The summed E-state index contributed by atoms with van der Waals surface area (Å²) in [5, 5.41) is 6.30. The SMILES string of the molecule is CC[C@@H](C)c1ccc([C@@H](NCc2nc3ccccc3c(=O)[nH]2)c2cccs2)cc1. The van der Waals surface area contributed by atoms with Crippen LogP contribution in [-0.2, 0) is 6.54 Å². The largest absolute Gasteiger partial charge is 0.309 e. The molecule has 5 heteroatoms. The third-order valence-corrected chi connectivity index (χ3v) is 6.35. The van der Waals surface area contributed by atoms with Gasteiger partial charge in [-0.2, -0.15) is 0 Å². The summed E-state index contributed by atoms with van der Waals surface area (Å²) in [7, 11) is 0. The molecule has 0 aliphatic heterocycles. The molecule has 0 spiro atoms. The van der Waals surface area contributed by atoms with Crippen LogP contribution in [-0.4, -0.2) is 9.97 Å². The Labute approximate surface area is 174 Å². The number of hydrogen-bond donors (Lipinski definition) is 2. The van der Waals surface area contributed by atoms with Crippen molar-refractivity contribution >= 4 is 22.2 Å². The number of para-hydroxylation sites is 1. The average Bonchev–Trinajstić information content (AvgIpc) is 3.28. The highest BCUT2D eigenvalue weighted by atomic mass is 32.1. The minimum Gasteiger partial charge on any atom is -0.309 e. The van der Waals surface area contributed by atoms with Crippen molar-refractivity contribution in [3.8, 4) is 0 Å². The number of aromatic amines is 1. The number of H-pyrrole nitrogens is 1. The van der Waals surface area contributed by atoms with Crippen LogP contribution in [0.1, 0.15) is 54.1 Å². The number of fused-ring (bicyclic) bond motifs is 1. The number of nitrogens with one attached hydrogen (secondary N) is 2. The lowest BCUT2D eigenvalue weighted by atomic mass is 9.95. The Morgan fingerprint density at radius 1 is 1.03 bits per heavy atom. The minimum atomic E-state index is -0.0991. The molecule has 4 aromatic rings. The van der Waals surface area contributed by atoms with Gasteiger partial charge in [0.1, 0.15) is 5.82 Å². The summed E-state index contributed by atoms with van der Waals surface area (Å²) in [6, 6.07) is 20.5. The van der Waals surface area contributed by atoms with Crippen LogP contribution in [0.15, 0.2) is 70.8 Å². The second kappa shape index (κ2) is 8.72. The summed E-state index contributed by atoms with van der Waals surface area (Å²) < 4.78 is 0. The lowest BCUT2D eigenvalue weighted by Gasteiger charge is -2.19. The molecule has 0 unspecified atom stereocenters. The van der Waals surface area contributed by atoms with Crippen molar-refractivity contribution in [3.63, 3.8) is 0 Å². The van der Waals surface area contributed by atoms with Gasteiger partial charge in [-0.05, 0) is 47.0 Å². The van der Waals surface area contributed by atoms with Crippen molar-refractivity contribution in [2.24, 2.45) is 0 Å². The zero-order valence-electron chi connectivity index (χ0n) is 16.7. The molecule has 4 rings (SSSR count). The summed E-state index contributed by atoms with van der Waals surface area (Å²) in [4.78, 5) is 21.1. The number of nitrogens with zero attached hydrogens (tertiary/aromatic N) is 1. The summed E-state index contributed by atoms with van der Waals surface area (Å²) in [6.45, 7) is 4.95. The fourth-order valence-corrected chi connectivity index (χ4v) is 4.34. The molecule has 0 saturated carbocycles. The highest BCUT2D eigenvalue weighted by molar-refractivity contribution is 7.10. The molecule has 0 amide bonds. The fourth-order valence-electron chi connectivity index (χ4n) is 3.51. The van der Waals surface area contributed by atoms with Crippen molar-refractivity contribution in [3.05, 3.63) is 98.2 Å².